The number of ketones is 1. The van der Waals surface area contributed by atoms with Crippen molar-refractivity contribution in [1.82, 2.24) is 0 Å². The van der Waals surface area contributed by atoms with Crippen LogP contribution >= 0.6 is 0 Å². The Labute approximate surface area is 155 Å². The molecule has 0 unspecified atom stereocenters. The van der Waals surface area contributed by atoms with Gasteiger partial charge in [0.2, 0.25) is 0 Å². The first-order valence-corrected chi connectivity index (χ1v) is 8.44. The lowest BCUT2D eigenvalue weighted by atomic mass is 9.80. The lowest BCUT2D eigenvalue weighted by molar-refractivity contribution is -0.380. The van der Waals surface area contributed by atoms with Gasteiger partial charge in [0.15, 0.2) is 5.78 Å². The molecule has 0 bridgehead atoms. The number of carbonyl (C=O) groups is 2. The molecule has 1 aliphatic carbocycles. The number of hydrogen-bond acceptors (Lipinski definition) is 5. The Morgan fingerprint density at radius 1 is 0.852 bits per heavy atom. The number of fused-ring (bicyclic) bond motifs is 2. The van der Waals surface area contributed by atoms with Crippen molar-refractivity contribution in [3.63, 3.8) is 0 Å². The molecule has 0 radical (unpaired) electrons. The first-order valence-electron chi connectivity index (χ1n) is 8.44. The van der Waals surface area contributed by atoms with Crippen LogP contribution in [0.5, 0.6) is 0 Å². The highest BCUT2D eigenvalue weighted by molar-refractivity contribution is 6.13. The van der Waals surface area contributed by atoms with E-state index in [1.165, 1.54) is 0 Å². The number of rotatable bonds is 3. The second kappa shape index (κ2) is 6.46. The second-order valence-corrected chi connectivity index (χ2v) is 6.33. The van der Waals surface area contributed by atoms with Crippen LogP contribution in [0.15, 0.2) is 72.8 Å². The average Bonchev–Trinajstić information content (AvgIpc) is 2.71. The molecule has 0 fully saturated rings. The molecule has 4 rings (SSSR count). The van der Waals surface area contributed by atoms with Crippen LogP contribution in [-0.4, -0.2) is 17.0 Å². The van der Waals surface area contributed by atoms with E-state index in [4.69, 9.17) is 9.62 Å². The number of ether oxygens (including phenoxy) is 1. The highest BCUT2D eigenvalue weighted by Crippen LogP contribution is 2.43. The molecule has 0 aliphatic heterocycles. The fourth-order valence-corrected chi connectivity index (χ4v) is 3.44. The van der Waals surface area contributed by atoms with Crippen molar-refractivity contribution in [2.75, 3.05) is 0 Å². The lowest BCUT2D eigenvalue weighted by Crippen LogP contribution is -2.41. The normalized spacial score (nSPS) is 14.2. The second-order valence-electron chi connectivity index (χ2n) is 6.33. The predicted octanol–water partition coefficient (Wildman–Crippen LogP) is 4.09. The Kier molecular flexibility index (Phi) is 4.11. The summed E-state index contributed by atoms with van der Waals surface area (Å²) in [5.74, 6) is -2.82. The maximum atomic E-state index is 12.9. The van der Waals surface area contributed by atoms with E-state index in [0.29, 0.717) is 16.7 Å². The largest absolute Gasteiger partial charge is 0.418 e. The zero-order valence-electron chi connectivity index (χ0n) is 14.5. The third kappa shape index (κ3) is 2.56. The molecule has 134 valence electrons. The summed E-state index contributed by atoms with van der Waals surface area (Å²) >= 11 is 0. The summed E-state index contributed by atoms with van der Waals surface area (Å²) in [6, 6.07) is 20.2. The minimum absolute atomic E-state index is 0.221. The van der Waals surface area contributed by atoms with Crippen LogP contribution in [0, 0.1) is 6.92 Å². The van der Waals surface area contributed by atoms with Crippen molar-refractivity contribution in [2.24, 2.45) is 0 Å². The number of hydrogen-bond donors (Lipinski definition) is 1. The zero-order valence-corrected chi connectivity index (χ0v) is 14.5. The Hall–Kier alpha value is -3.28. The van der Waals surface area contributed by atoms with Gasteiger partial charge >= 0.3 is 5.97 Å². The van der Waals surface area contributed by atoms with Gasteiger partial charge in [-0.25, -0.2) is 10.1 Å². The molecule has 0 spiro atoms. The van der Waals surface area contributed by atoms with Crippen LogP contribution in [0.2, 0.25) is 0 Å². The third-order valence-electron chi connectivity index (χ3n) is 4.78. The first-order chi connectivity index (χ1) is 13.1. The van der Waals surface area contributed by atoms with Gasteiger partial charge in [-0.3, -0.25) is 4.79 Å². The summed E-state index contributed by atoms with van der Waals surface area (Å²) in [6.45, 7) is 1.79. The van der Waals surface area contributed by atoms with Gasteiger partial charge in [-0.1, -0.05) is 66.7 Å². The minimum Gasteiger partial charge on any atom is -0.418 e. The molecule has 3 aromatic carbocycles. The van der Waals surface area contributed by atoms with Crippen LogP contribution in [-0.2, 0) is 15.4 Å². The maximum absolute atomic E-state index is 12.9. The molecule has 27 heavy (non-hydrogen) atoms. The minimum atomic E-state index is -1.93. The van der Waals surface area contributed by atoms with Gasteiger partial charge in [0, 0.05) is 22.3 Å². The lowest BCUT2D eigenvalue weighted by Gasteiger charge is -2.36. The van der Waals surface area contributed by atoms with Gasteiger partial charge in [0.25, 0.3) is 5.79 Å². The van der Waals surface area contributed by atoms with E-state index in [0.717, 1.165) is 5.56 Å². The van der Waals surface area contributed by atoms with Crippen molar-refractivity contribution in [1.29, 1.82) is 0 Å². The Morgan fingerprint density at radius 2 is 1.37 bits per heavy atom. The number of benzene rings is 3. The smallest absolute Gasteiger partial charge is 0.341 e. The summed E-state index contributed by atoms with van der Waals surface area (Å²) < 4.78 is 5.73. The van der Waals surface area contributed by atoms with E-state index in [9.17, 15) is 14.8 Å². The first kappa shape index (κ1) is 17.1. The number of esters is 1. The van der Waals surface area contributed by atoms with Crippen molar-refractivity contribution < 1.29 is 24.5 Å². The van der Waals surface area contributed by atoms with Gasteiger partial charge in [-0.05, 0) is 18.6 Å². The van der Waals surface area contributed by atoms with E-state index >= 15 is 0 Å². The summed E-state index contributed by atoms with van der Waals surface area (Å²) in [4.78, 5) is 30.6. The summed E-state index contributed by atoms with van der Waals surface area (Å²) in [5.41, 5.74) is 2.24. The van der Waals surface area contributed by atoms with E-state index in [2.05, 4.69) is 0 Å². The van der Waals surface area contributed by atoms with Crippen LogP contribution in [0.1, 0.15) is 43.0 Å². The topological polar surface area (TPSA) is 72.8 Å². The van der Waals surface area contributed by atoms with Gasteiger partial charge in [-0.15, -0.1) is 0 Å². The Balaban J connectivity index is 1.92. The standard InChI is InChI=1S/C22H16O5/c1-14-8-2-3-9-15(14)21(24)26-22(27-25)18-12-6-4-10-16(18)20(23)17-11-5-7-13-19(17)22/h2-13,25H,1H3. The fraction of sp³-hybridized carbons (Fsp3) is 0.0909. The summed E-state index contributed by atoms with van der Waals surface area (Å²) in [6.07, 6.45) is 0. The molecule has 0 aromatic heterocycles. The van der Waals surface area contributed by atoms with Crippen molar-refractivity contribution in [3.8, 4) is 0 Å². The Morgan fingerprint density at radius 3 is 1.93 bits per heavy atom. The molecule has 5 heteroatoms. The SMILES string of the molecule is Cc1ccccc1C(=O)OC1(OO)c2ccccc2C(=O)c2ccccc21. The maximum Gasteiger partial charge on any atom is 0.341 e. The molecule has 0 saturated heterocycles. The fourth-order valence-electron chi connectivity index (χ4n) is 3.44. The monoisotopic (exact) mass is 360 g/mol. The van der Waals surface area contributed by atoms with Crippen molar-refractivity contribution >= 4 is 11.8 Å². The molecular weight excluding hydrogens is 344 g/mol. The predicted molar refractivity (Wildman–Crippen MR) is 97.4 cm³/mol. The molecule has 0 amide bonds. The quantitative estimate of drug-likeness (QED) is 0.330. The number of aryl methyl sites for hydroxylation is 1. The van der Waals surface area contributed by atoms with Gasteiger partial charge in [0.1, 0.15) is 0 Å². The zero-order chi connectivity index (χ0) is 19.0. The molecule has 0 atom stereocenters. The molecule has 1 N–H and O–H groups in total. The third-order valence-corrected chi connectivity index (χ3v) is 4.78. The highest BCUT2D eigenvalue weighted by Gasteiger charge is 2.49. The van der Waals surface area contributed by atoms with E-state index in [-0.39, 0.29) is 16.9 Å². The molecule has 0 saturated carbocycles. The molecular formula is C22H16O5. The van der Waals surface area contributed by atoms with Crippen molar-refractivity contribution in [3.05, 3.63) is 106 Å². The van der Waals surface area contributed by atoms with E-state index < -0.39 is 11.8 Å². The van der Waals surface area contributed by atoms with Gasteiger partial charge in [-0.2, -0.15) is 4.89 Å². The molecule has 5 nitrogen and oxygen atoms in total. The molecule has 0 heterocycles. The van der Waals surface area contributed by atoms with Crippen molar-refractivity contribution in [2.45, 2.75) is 12.7 Å². The van der Waals surface area contributed by atoms with Crippen LogP contribution in [0.4, 0.5) is 0 Å². The van der Waals surface area contributed by atoms with Crippen LogP contribution < -0.4 is 0 Å². The molecule has 3 aromatic rings. The number of carbonyl (C=O) groups excluding carboxylic acids is 2. The Bertz CT molecular complexity index is 1000. The highest BCUT2D eigenvalue weighted by atomic mass is 17.1. The molecule has 1 aliphatic rings. The van der Waals surface area contributed by atoms with E-state index in [1.807, 2.05) is 6.07 Å². The van der Waals surface area contributed by atoms with Crippen LogP contribution in [0.25, 0.3) is 0 Å². The van der Waals surface area contributed by atoms with E-state index in [1.54, 1.807) is 73.7 Å². The average molecular weight is 360 g/mol. The van der Waals surface area contributed by atoms with Gasteiger partial charge < -0.3 is 4.74 Å². The summed E-state index contributed by atoms with van der Waals surface area (Å²) in [7, 11) is 0. The van der Waals surface area contributed by atoms with Gasteiger partial charge in [0.05, 0.1) is 5.56 Å². The van der Waals surface area contributed by atoms with Crippen LogP contribution in [0.3, 0.4) is 0 Å². The summed E-state index contributed by atoms with van der Waals surface area (Å²) in [5, 5.41) is 9.90.